The maximum Gasteiger partial charge on any atom is 0.266 e. The van der Waals surface area contributed by atoms with E-state index in [1.807, 2.05) is 42.5 Å². The molecule has 5 nitrogen and oxygen atoms in total. The van der Waals surface area contributed by atoms with Gasteiger partial charge in [0.25, 0.3) is 5.56 Å². The van der Waals surface area contributed by atoms with Crippen molar-refractivity contribution in [2.75, 3.05) is 5.75 Å². The Morgan fingerprint density at radius 2 is 1.88 bits per heavy atom. The van der Waals surface area contributed by atoms with Crippen LogP contribution in [-0.4, -0.2) is 21.2 Å². The molecule has 0 saturated heterocycles. The molecule has 0 radical (unpaired) electrons. The second-order valence-corrected chi connectivity index (χ2v) is 6.70. The van der Waals surface area contributed by atoms with Crippen LogP contribution in [0.3, 0.4) is 0 Å². The molecule has 0 spiro atoms. The molecular weight excluding hydrogens is 334 g/mol. The van der Waals surface area contributed by atoms with Crippen LogP contribution in [0, 0.1) is 0 Å². The van der Waals surface area contributed by atoms with Gasteiger partial charge in [0.2, 0.25) is 5.91 Å². The number of nitrogens with two attached hydrogens (primary N) is 1. The zero-order valence-electron chi connectivity index (χ0n) is 13.9. The van der Waals surface area contributed by atoms with Crippen molar-refractivity contribution in [3.05, 3.63) is 64.4 Å². The van der Waals surface area contributed by atoms with Gasteiger partial charge in [-0.2, -0.15) is 0 Å². The number of aryl methyl sites for hydroxylation is 1. The molecule has 2 N–H and O–H groups in total. The molecule has 1 heterocycles. The number of thioether (sulfide) groups is 1. The Morgan fingerprint density at radius 1 is 1.16 bits per heavy atom. The van der Waals surface area contributed by atoms with Gasteiger partial charge in [0.15, 0.2) is 5.16 Å². The first-order chi connectivity index (χ1) is 12.1. The number of para-hydroxylation sites is 1. The van der Waals surface area contributed by atoms with Crippen molar-refractivity contribution in [2.24, 2.45) is 5.73 Å². The van der Waals surface area contributed by atoms with Crippen molar-refractivity contribution >= 4 is 28.6 Å². The SMILES string of the molecule is CCc1ccc(-n2c(SCCC(N)=O)nc3ccccc3c2=O)cc1. The van der Waals surface area contributed by atoms with E-state index in [4.69, 9.17) is 5.73 Å². The van der Waals surface area contributed by atoms with Crippen LogP contribution in [-0.2, 0) is 11.2 Å². The number of hydrogen-bond donors (Lipinski definition) is 1. The predicted octanol–water partition coefficient (Wildman–Crippen LogP) is 2.92. The van der Waals surface area contributed by atoms with Gasteiger partial charge >= 0.3 is 0 Å². The standard InChI is InChI=1S/C19H19N3O2S/c1-2-13-7-9-14(10-8-13)22-18(24)15-5-3-4-6-16(15)21-19(22)25-12-11-17(20)23/h3-10H,2,11-12H2,1H3,(H2,20,23). The fourth-order valence-electron chi connectivity index (χ4n) is 2.56. The fourth-order valence-corrected chi connectivity index (χ4v) is 3.53. The van der Waals surface area contributed by atoms with Crippen molar-refractivity contribution in [2.45, 2.75) is 24.9 Å². The maximum absolute atomic E-state index is 13.0. The Morgan fingerprint density at radius 3 is 2.56 bits per heavy atom. The summed E-state index contributed by atoms with van der Waals surface area (Å²) in [5.41, 5.74) is 7.72. The molecule has 0 bridgehead atoms. The van der Waals surface area contributed by atoms with Crippen LogP contribution in [0.25, 0.3) is 16.6 Å². The van der Waals surface area contributed by atoms with Crippen LogP contribution in [0.2, 0.25) is 0 Å². The van der Waals surface area contributed by atoms with Gasteiger partial charge in [0, 0.05) is 12.2 Å². The van der Waals surface area contributed by atoms with Crippen LogP contribution in [0.4, 0.5) is 0 Å². The number of fused-ring (bicyclic) bond motifs is 1. The van der Waals surface area contributed by atoms with E-state index in [1.54, 1.807) is 10.6 Å². The summed E-state index contributed by atoms with van der Waals surface area (Å²) in [4.78, 5) is 28.7. The zero-order chi connectivity index (χ0) is 17.8. The molecule has 2 aromatic carbocycles. The highest BCUT2D eigenvalue weighted by molar-refractivity contribution is 7.99. The molecule has 6 heteroatoms. The number of primary amides is 1. The molecule has 0 aliphatic heterocycles. The van der Waals surface area contributed by atoms with E-state index in [-0.39, 0.29) is 17.9 Å². The van der Waals surface area contributed by atoms with Crippen LogP contribution >= 0.6 is 11.8 Å². The Labute approximate surface area is 149 Å². The van der Waals surface area contributed by atoms with Gasteiger partial charge in [-0.15, -0.1) is 0 Å². The van der Waals surface area contributed by atoms with Crippen LogP contribution in [0.1, 0.15) is 18.9 Å². The number of amides is 1. The van der Waals surface area contributed by atoms with Crippen LogP contribution in [0.5, 0.6) is 0 Å². The summed E-state index contributed by atoms with van der Waals surface area (Å²) in [5, 5.41) is 1.13. The number of nitrogens with zero attached hydrogens (tertiary/aromatic N) is 2. The van der Waals surface area contributed by atoms with Gasteiger partial charge in [-0.25, -0.2) is 4.98 Å². The van der Waals surface area contributed by atoms with E-state index in [2.05, 4.69) is 11.9 Å². The molecule has 0 unspecified atom stereocenters. The lowest BCUT2D eigenvalue weighted by Gasteiger charge is -2.13. The number of carbonyl (C=O) groups excluding carboxylic acids is 1. The van der Waals surface area contributed by atoms with Crippen LogP contribution in [0.15, 0.2) is 58.5 Å². The van der Waals surface area contributed by atoms with Crippen molar-refractivity contribution in [1.29, 1.82) is 0 Å². The van der Waals surface area contributed by atoms with E-state index in [1.165, 1.54) is 17.3 Å². The van der Waals surface area contributed by atoms with Crippen molar-refractivity contribution in [3.8, 4) is 5.69 Å². The average molecular weight is 353 g/mol. The maximum atomic E-state index is 13.0. The van der Waals surface area contributed by atoms with E-state index < -0.39 is 0 Å². The first-order valence-electron chi connectivity index (χ1n) is 8.12. The molecule has 0 aliphatic carbocycles. The third-order valence-electron chi connectivity index (χ3n) is 3.93. The molecule has 3 aromatic rings. The number of carbonyl (C=O) groups is 1. The number of benzene rings is 2. The van der Waals surface area contributed by atoms with Gasteiger partial charge in [0.05, 0.1) is 16.6 Å². The Hall–Kier alpha value is -2.60. The summed E-state index contributed by atoms with van der Waals surface area (Å²) in [6.45, 7) is 2.09. The first-order valence-corrected chi connectivity index (χ1v) is 9.11. The predicted molar refractivity (Wildman–Crippen MR) is 101 cm³/mol. The van der Waals surface area contributed by atoms with E-state index >= 15 is 0 Å². The topological polar surface area (TPSA) is 78.0 Å². The Kier molecular flexibility index (Phi) is 5.19. The molecule has 25 heavy (non-hydrogen) atoms. The lowest BCUT2D eigenvalue weighted by Crippen LogP contribution is -2.22. The molecule has 0 fully saturated rings. The van der Waals surface area contributed by atoms with Crippen LogP contribution < -0.4 is 11.3 Å². The second-order valence-electron chi connectivity index (χ2n) is 5.64. The largest absolute Gasteiger partial charge is 0.370 e. The Bertz CT molecular complexity index is 965. The lowest BCUT2D eigenvalue weighted by molar-refractivity contribution is -0.117. The summed E-state index contributed by atoms with van der Waals surface area (Å²) in [7, 11) is 0. The summed E-state index contributed by atoms with van der Waals surface area (Å²) in [6, 6.07) is 15.1. The number of aromatic nitrogens is 2. The van der Waals surface area contributed by atoms with Gasteiger partial charge in [0.1, 0.15) is 0 Å². The normalized spacial score (nSPS) is 10.9. The third-order valence-corrected chi connectivity index (χ3v) is 4.87. The molecular formula is C19H19N3O2S. The third kappa shape index (κ3) is 3.74. The lowest BCUT2D eigenvalue weighted by atomic mass is 10.1. The quantitative estimate of drug-likeness (QED) is 0.546. The minimum Gasteiger partial charge on any atom is -0.370 e. The second kappa shape index (κ2) is 7.53. The van der Waals surface area contributed by atoms with E-state index in [9.17, 15) is 9.59 Å². The van der Waals surface area contributed by atoms with Gasteiger partial charge in [-0.05, 0) is 36.2 Å². The minimum atomic E-state index is -0.366. The van der Waals surface area contributed by atoms with Gasteiger partial charge < -0.3 is 5.73 Å². The summed E-state index contributed by atoms with van der Waals surface area (Å²) < 4.78 is 1.60. The molecule has 128 valence electrons. The van der Waals surface area contributed by atoms with Crippen molar-refractivity contribution in [3.63, 3.8) is 0 Å². The summed E-state index contributed by atoms with van der Waals surface area (Å²) in [5.74, 6) is 0.113. The summed E-state index contributed by atoms with van der Waals surface area (Å²) >= 11 is 1.36. The van der Waals surface area contributed by atoms with Gasteiger partial charge in [-0.3, -0.25) is 14.2 Å². The molecule has 1 amide bonds. The Balaban J connectivity index is 2.13. The molecule has 0 saturated carbocycles. The highest BCUT2D eigenvalue weighted by Crippen LogP contribution is 2.22. The highest BCUT2D eigenvalue weighted by atomic mass is 32.2. The van der Waals surface area contributed by atoms with Crippen molar-refractivity contribution in [1.82, 2.24) is 9.55 Å². The van der Waals surface area contributed by atoms with E-state index in [0.29, 0.717) is 21.8 Å². The smallest absolute Gasteiger partial charge is 0.266 e. The van der Waals surface area contributed by atoms with Gasteiger partial charge in [-0.1, -0.05) is 43.0 Å². The number of hydrogen-bond acceptors (Lipinski definition) is 4. The zero-order valence-corrected chi connectivity index (χ0v) is 14.8. The molecule has 1 aromatic heterocycles. The first kappa shape index (κ1) is 17.2. The minimum absolute atomic E-state index is 0.114. The van der Waals surface area contributed by atoms with E-state index in [0.717, 1.165) is 12.1 Å². The van der Waals surface area contributed by atoms with Crippen molar-refractivity contribution < 1.29 is 4.79 Å². The molecule has 3 rings (SSSR count). The monoisotopic (exact) mass is 353 g/mol. The average Bonchev–Trinajstić information content (AvgIpc) is 2.62. The fraction of sp³-hybridized carbons (Fsp3) is 0.211. The number of rotatable bonds is 6. The molecule has 0 aliphatic rings. The highest BCUT2D eigenvalue weighted by Gasteiger charge is 2.13. The summed E-state index contributed by atoms with van der Waals surface area (Å²) in [6.07, 6.45) is 1.17. The molecule has 0 atom stereocenters.